The van der Waals surface area contributed by atoms with Crippen LogP contribution < -0.4 is 0 Å². The van der Waals surface area contributed by atoms with E-state index in [1.807, 2.05) is 0 Å². The Morgan fingerprint density at radius 1 is 1.31 bits per heavy atom. The molecule has 0 fully saturated rings. The minimum Gasteiger partial charge on any atom is -0.505 e. The lowest BCUT2D eigenvalue weighted by Crippen LogP contribution is -2.57. The zero-order valence-electron chi connectivity index (χ0n) is 9.64. The van der Waals surface area contributed by atoms with E-state index in [0.29, 0.717) is 0 Å². The van der Waals surface area contributed by atoms with Gasteiger partial charge < -0.3 is 24.8 Å². The smallest absolute Gasteiger partial charge is 0.378 e. The molecule has 0 aromatic carbocycles. The molecule has 92 valence electrons. The van der Waals surface area contributed by atoms with Crippen molar-refractivity contribution in [3.05, 3.63) is 11.5 Å². The molecule has 3 N–H and O–H groups in total. The van der Waals surface area contributed by atoms with Crippen LogP contribution in [0, 0.1) is 0 Å². The summed E-state index contributed by atoms with van der Waals surface area (Å²) < 4.78 is 9.77. The highest BCUT2D eigenvalue weighted by molar-refractivity contribution is 5.89. The summed E-state index contributed by atoms with van der Waals surface area (Å²) in [5.74, 6) is -2.62. The van der Waals surface area contributed by atoms with Crippen LogP contribution in [0.15, 0.2) is 11.5 Å². The molecule has 16 heavy (non-hydrogen) atoms. The predicted molar refractivity (Wildman–Crippen MR) is 53.9 cm³/mol. The number of rotatable bonds is 3. The monoisotopic (exact) mass is 232 g/mol. The standard InChI is InChI=1S/C10H16O6/c1-9(2,15-4)10(3,14)7-5(11)6(12)8(13)16-7/h7,11-12,14H,1-4H3/t7-,10+/m0/s1. The van der Waals surface area contributed by atoms with Gasteiger partial charge in [-0.15, -0.1) is 0 Å². The molecule has 0 aromatic rings. The van der Waals surface area contributed by atoms with E-state index in [2.05, 4.69) is 0 Å². The topological polar surface area (TPSA) is 96.2 Å². The molecular formula is C10H16O6. The quantitative estimate of drug-likeness (QED) is 0.610. The minimum absolute atomic E-state index is 0.680. The van der Waals surface area contributed by atoms with Crippen LogP contribution in [0.2, 0.25) is 0 Å². The van der Waals surface area contributed by atoms with Gasteiger partial charge in [0, 0.05) is 7.11 Å². The first-order valence-corrected chi connectivity index (χ1v) is 4.75. The van der Waals surface area contributed by atoms with Gasteiger partial charge in [-0.1, -0.05) is 0 Å². The number of ether oxygens (including phenoxy) is 2. The largest absolute Gasteiger partial charge is 0.505 e. The van der Waals surface area contributed by atoms with Crippen molar-refractivity contribution in [2.75, 3.05) is 7.11 Å². The minimum atomic E-state index is -1.67. The number of methoxy groups -OCH3 is 1. The summed E-state index contributed by atoms with van der Waals surface area (Å²) in [4.78, 5) is 11.0. The van der Waals surface area contributed by atoms with Crippen molar-refractivity contribution in [1.82, 2.24) is 0 Å². The fraction of sp³-hybridized carbons (Fsp3) is 0.700. The summed E-state index contributed by atoms with van der Waals surface area (Å²) in [5, 5.41) is 28.9. The summed E-state index contributed by atoms with van der Waals surface area (Å²) >= 11 is 0. The highest BCUT2D eigenvalue weighted by atomic mass is 16.6. The fourth-order valence-corrected chi connectivity index (χ4v) is 1.35. The van der Waals surface area contributed by atoms with Crippen molar-refractivity contribution >= 4 is 5.97 Å². The Hall–Kier alpha value is -1.27. The van der Waals surface area contributed by atoms with Gasteiger partial charge in [0.25, 0.3) is 0 Å². The van der Waals surface area contributed by atoms with Gasteiger partial charge in [0.2, 0.25) is 5.76 Å². The van der Waals surface area contributed by atoms with Gasteiger partial charge in [0.1, 0.15) is 5.60 Å². The number of aliphatic hydroxyl groups excluding tert-OH is 2. The van der Waals surface area contributed by atoms with Crippen LogP contribution in [0.3, 0.4) is 0 Å². The first-order chi connectivity index (χ1) is 7.15. The maximum atomic E-state index is 11.0. The average molecular weight is 232 g/mol. The Kier molecular flexibility index (Phi) is 2.91. The summed E-state index contributed by atoms with van der Waals surface area (Å²) in [6, 6.07) is 0. The normalized spacial score (nSPS) is 25.6. The summed E-state index contributed by atoms with van der Waals surface area (Å²) in [6.07, 6.45) is -1.34. The molecule has 1 aliphatic heterocycles. The Bertz CT molecular complexity index is 341. The van der Waals surface area contributed by atoms with E-state index in [4.69, 9.17) is 14.6 Å². The molecule has 0 saturated carbocycles. The first kappa shape index (κ1) is 12.8. The van der Waals surface area contributed by atoms with E-state index in [9.17, 15) is 15.0 Å². The highest BCUT2D eigenvalue weighted by Gasteiger charge is 2.54. The van der Waals surface area contributed by atoms with Gasteiger partial charge in [-0.05, 0) is 20.8 Å². The van der Waals surface area contributed by atoms with Gasteiger partial charge in [-0.2, -0.15) is 0 Å². The van der Waals surface area contributed by atoms with E-state index < -0.39 is 34.8 Å². The van der Waals surface area contributed by atoms with E-state index in [0.717, 1.165) is 0 Å². The lowest BCUT2D eigenvalue weighted by Gasteiger charge is -2.41. The van der Waals surface area contributed by atoms with Crippen molar-refractivity contribution in [3.8, 4) is 0 Å². The summed E-state index contributed by atoms with van der Waals surface area (Å²) in [7, 11) is 1.38. The van der Waals surface area contributed by atoms with E-state index in [1.54, 1.807) is 13.8 Å². The van der Waals surface area contributed by atoms with Crippen molar-refractivity contribution in [2.45, 2.75) is 38.1 Å². The summed E-state index contributed by atoms with van der Waals surface area (Å²) in [5.41, 5.74) is -2.75. The molecule has 6 nitrogen and oxygen atoms in total. The third-order valence-electron chi connectivity index (χ3n) is 3.15. The molecule has 6 heteroatoms. The van der Waals surface area contributed by atoms with Crippen molar-refractivity contribution in [2.24, 2.45) is 0 Å². The number of carbonyl (C=O) groups is 1. The number of hydrogen-bond acceptors (Lipinski definition) is 6. The lowest BCUT2D eigenvalue weighted by molar-refractivity contribution is -0.196. The van der Waals surface area contributed by atoms with Crippen molar-refractivity contribution in [1.29, 1.82) is 0 Å². The zero-order valence-corrected chi connectivity index (χ0v) is 9.64. The first-order valence-electron chi connectivity index (χ1n) is 4.75. The number of aliphatic hydroxyl groups is 3. The van der Waals surface area contributed by atoms with Gasteiger partial charge >= 0.3 is 5.97 Å². The van der Waals surface area contributed by atoms with Crippen LogP contribution in [-0.4, -0.2) is 45.7 Å². The predicted octanol–water partition coefficient (Wildman–Crippen LogP) is 0.415. The Labute approximate surface area is 93.1 Å². The molecule has 0 amide bonds. The molecule has 0 spiro atoms. The molecule has 2 atom stereocenters. The van der Waals surface area contributed by atoms with Crippen LogP contribution in [0.5, 0.6) is 0 Å². The Morgan fingerprint density at radius 3 is 2.12 bits per heavy atom. The maximum absolute atomic E-state index is 11.0. The van der Waals surface area contributed by atoms with Crippen LogP contribution in [0.4, 0.5) is 0 Å². The fourth-order valence-electron chi connectivity index (χ4n) is 1.35. The number of cyclic esters (lactones) is 1. The van der Waals surface area contributed by atoms with Crippen LogP contribution in [0.25, 0.3) is 0 Å². The van der Waals surface area contributed by atoms with Gasteiger partial charge in [0.15, 0.2) is 11.9 Å². The maximum Gasteiger partial charge on any atom is 0.378 e. The second kappa shape index (κ2) is 3.64. The molecule has 1 heterocycles. The van der Waals surface area contributed by atoms with E-state index in [1.165, 1.54) is 14.0 Å². The van der Waals surface area contributed by atoms with E-state index >= 15 is 0 Å². The molecule has 0 saturated heterocycles. The van der Waals surface area contributed by atoms with Gasteiger partial charge in [-0.3, -0.25) is 0 Å². The van der Waals surface area contributed by atoms with Crippen LogP contribution >= 0.6 is 0 Å². The van der Waals surface area contributed by atoms with Crippen molar-refractivity contribution in [3.63, 3.8) is 0 Å². The van der Waals surface area contributed by atoms with Crippen LogP contribution in [0.1, 0.15) is 20.8 Å². The second-order valence-corrected chi connectivity index (χ2v) is 4.38. The van der Waals surface area contributed by atoms with E-state index in [-0.39, 0.29) is 0 Å². The Balaban J connectivity index is 3.09. The highest BCUT2D eigenvalue weighted by Crippen LogP contribution is 2.36. The molecule has 0 unspecified atom stereocenters. The second-order valence-electron chi connectivity index (χ2n) is 4.38. The van der Waals surface area contributed by atoms with Crippen LogP contribution in [-0.2, 0) is 14.3 Å². The molecule has 0 radical (unpaired) electrons. The molecule has 0 aliphatic carbocycles. The lowest BCUT2D eigenvalue weighted by atomic mass is 9.82. The Morgan fingerprint density at radius 2 is 1.81 bits per heavy atom. The number of hydrogen-bond donors (Lipinski definition) is 3. The molecule has 0 bridgehead atoms. The summed E-state index contributed by atoms with van der Waals surface area (Å²) in [6.45, 7) is 4.50. The average Bonchev–Trinajstić information content (AvgIpc) is 2.46. The molecular weight excluding hydrogens is 216 g/mol. The third-order valence-corrected chi connectivity index (χ3v) is 3.15. The number of esters is 1. The SMILES string of the molecule is COC(C)(C)[C@](C)(O)[C@H]1OC(=O)C(O)=C1O. The molecule has 1 rings (SSSR count). The zero-order chi connectivity index (χ0) is 12.7. The van der Waals surface area contributed by atoms with Gasteiger partial charge in [0.05, 0.1) is 5.60 Å². The number of carbonyl (C=O) groups excluding carboxylic acids is 1. The third kappa shape index (κ3) is 1.64. The van der Waals surface area contributed by atoms with Gasteiger partial charge in [-0.25, -0.2) is 4.79 Å². The molecule has 1 aliphatic rings. The van der Waals surface area contributed by atoms with Crippen molar-refractivity contribution < 1.29 is 29.6 Å². The molecule has 0 aromatic heterocycles.